The molecule has 3 N–H and O–H groups in total. The Morgan fingerprint density at radius 2 is 1.88 bits per heavy atom. The summed E-state index contributed by atoms with van der Waals surface area (Å²) in [5.74, 6) is 1.01. The van der Waals surface area contributed by atoms with Crippen LogP contribution in [-0.2, 0) is 6.42 Å². The number of ether oxygens (including phenoxy) is 1. The molecule has 1 aliphatic heterocycles. The lowest BCUT2D eigenvalue weighted by molar-refractivity contribution is 0.415. The molecule has 0 fully saturated rings. The van der Waals surface area contributed by atoms with Gasteiger partial charge in [0.1, 0.15) is 23.2 Å². The van der Waals surface area contributed by atoms with Crippen LogP contribution in [0.4, 0.5) is 11.5 Å². The van der Waals surface area contributed by atoms with Crippen LogP contribution < -0.4 is 15.8 Å². The third-order valence-electron chi connectivity index (χ3n) is 4.67. The summed E-state index contributed by atoms with van der Waals surface area (Å²) in [7, 11) is 1.63. The molecule has 2 aromatic carbocycles. The highest BCUT2D eigenvalue weighted by atomic mass is 16.5. The van der Waals surface area contributed by atoms with E-state index in [1.54, 1.807) is 7.11 Å². The second-order valence-electron chi connectivity index (χ2n) is 6.20. The second-order valence-corrected chi connectivity index (χ2v) is 6.20. The maximum absolute atomic E-state index is 9.55. The van der Waals surface area contributed by atoms with Gasteiger partial charge in [-0.1, -0.05) is 18.2 Å². The minimum atomic E-state index is 0.245. The van der Waals surface area contributed by atoms with Gasteiger partial charge in [0, 0.05) is 23.4 Å². The van der Waals surface area contributed by atoms with Crippen LogP contribution in [0, 0.1) is 11.3 Å². The van der Waals surface area contributed by atoms with Crippen molar-refractivity contribution in [3.63, 3.8) is 0 Å². The average molecular weight is 342 g/mol. The van der Waals surface area contributed by atoms with Gasteiger partial charge in [-0.15, -0.1) is 0 Å². The molecule has 0 atom stereocenters. The van der Waals surface area contributed by atoms with Crippen LogP contribution in [0.5, 0.6) is 5.75 Å². The summed E-state index contributed by atoms with van der Waals surface area (Å²) in [4.78, 5) is 4.47. The third-order valence-corrected chi connectivity index (χ3v) is 4.67. The zero-order valence-electron chi connectivity index (χ0n) is 14.4. The Morgan fingerprint density at radius 3 is 2.62 bits per heavy atom. The second kappa shape index (κ2) is 6.41. The SMILES string of the molecule is COc1ccc(-c2cc(-c3ccc4c(c3)CCN4)nc(N)c2C#N)cc1. The highest BCUT2D eigenvalue weighted by molar-refractivity contribution is 5.81. The molecule has 0 unspecified atom stereocenters. The standard InChI is InChI=1S/C21H18N4O/c1-26-16-5-2-13(3-6-16)17-11-20(25-21(23)18(17)12-22)14-4-7-19-15(10-14)8-9-24-19/h2-7,10-11,24H,8-9H2,1H3,(H2,23,25). The fraction of sp³-hybridized carbons (Fsp3) is 0.143. The summed E-state index contributed by atoms with van der Waals surface area (Å²) in [5, 5.41) is 12.9. The lowest BCUT2D eigenvalue weighted by atomic mass is 9.97. The first-order chi connectivity index (χ1) is 12.7. The molecule has 0 bridgehead atoms. The fourth-order valence-electron chi connectivity index (χ4n) is 3.29. The lowest BCUT2D eigenvalue weighted by Crippen LogP contribution is -2.00. The fourth-order valence-corrected chi connectivity index (χ4v) is 3.29. The van der Waals surface area contributed by atoms with Gasteiger partial charge in [-0.25, -0.2) is 4.98 Å². The maximum atomic E-state index is 9.55. The zero-order valence-corrected chi connectivity index (χ0v) is 14.4. The molecular weight excluding hydrogens is 324 g/mol. The van der Waals surface area contributed by atoms with Crippen molar-refractivity contribution in [3.05, 3.63) is 59.7 Å². The highest BCUT2D eigenvalue weighted by Crippen LogP contribution is 2.34. The van der Waals surface area contributed by atoms with E-state index < -0.39 is 0 Å². The van der Waals surface area contributed by atoms with E-state index >= 15 is 0 Å². The van der Waals surface area contributed by atoms with E-state index in [9.17, 15) is 5.26 Å². The molecule has 1 aliphatic rings. The van der Waals surface area contributed by atoms with Crippen LogP contribution in [0.1, 0.15) is 11.1 Å². The number of methoxy groups -OCH3 is 1. The average Bonchev–Trinajstić information content (AvgIpc) is 3.15. The Bertz CT molecular complexity index is 1020. The van der Waals surface area contributed by atoms with Crippen LogP contribution in [-0.4, -0.2) is 18.6 Å². The molecule has 0 radical (unpaired) electrons. The predicted molar refractivity (Wildman–Crippen MR) is 103 cm³/mol. The molecule has 3 aromatic rings. The number of nitrogens with zero attached hydrogens (tertiary/aromatic N) is 2. The molecule has 0 saturated carbocycles. The third kappa shape index (κ3) is 2.72. The number of nitrogen functional groups attached to an aromatic ring is 1. The van der Waals surface area contributed by atoms with Gasteiger partial charge in [-0.3, -0.25) is 0 Å². The van der Waals surface area contributed by atoms with Crippen molar-refractivity contribution < 1.29 is 4.74 Å². The maximum Gasteiger partial charge on any atom is 0.142 e. The molecule has 2 heterocycles. The Labute approximate surface area is 152 Å². The smallest absolute Gasteiger partial charge is 0.142 e. The van der Waals surface area contributed by atoms with Crippen LogP contribution in [0.2, 0.25) is 0 Å². The number of fused-ring (bicyclic) bond motifs is 1. The molecule has 5 heteroatoms. The zero-order chi connectivity index (χ0) is 18.1. The lowest BCUT2D eigenvalue weighted by Gasteiger charge is -2.11. The van der Waals surface area contributed by atoms with Crippen LogP contribution >= 0.6 is 0 Å². The van der Waals surface area contributed by atoms with Gasteiger partial charge in [0.05, 0.1) is 12.8 Å². The summed E-state index contributed by atoms with van der Waals surface area (Å²) in [5.41, 5.74) is 12.4. The topological polar surface area (TPSA) is 84.0 Å². The number of nitriles is 1. The molecule has 0 amide bonds. The molecule has 128 valence electrons. The van der Waals surface area contributed by atoms with Gasteiger partial charge in [0.25, 0.3) is 0 Å². The number of hydrogen-bond acceptors (Lipinski definition) is 5. The van der Waals surface area contributed by atoms with Crippen molar-refractivity contribution in [3.8, 4) is 34.2 Å². The van der Waals surface area contributed by atoms with Gasteiger partial charge in [-0.05, 0) is 47.9 Å². The Balaban J connectivity index is 1.84. The highest BCUT2D eigenvalue weighted by Gasteiger charge is 2.16. The number of pyridine rings is 1. The number of rotatable bonds is 3. The number of aromatic nitrogens is 1. The van der Waals surface area contributed by atoms with Crippen molar-refractivity contribution >= 4 is 11.5 Å². The number of anilines is 2. The minimum absolute atomic E-state index is 0.245. The normalized spacial score (nSPS) is 12.2. The molecule has 4 rings (SSSR count). The summed E-state index contributed by atoms with van der Waals surface area (Å²) >= 11 is 0. The largest absolute Gasteiger partial charge is 0.497 e. The first-order valence-electron chi connectivity index (χ1n) is 8.42. The van der Waals surface area contributed by atoms with E-state index in [0.29, 0.717) is 5.56 Å². The summed E-state index contributed by atoms with van der Waals surface area (Å²) in [6, 6.07) is 17.9. The molecule has 0 spiro atoms. The van der Waals surface area contributed by atoms with Gasteiger partial charge < -0.3 is 15.8 Å². The summed E-state index contributed by atoms with van der Waals surface area (Å²) < 4.78 is 5.21. The number of nitrogens with one attached hydrogen (secondary N) is 1. The predicted octanol–water partition coefficient (Wildman–Crippen LogP) is 3.85. The van der Waals surface area contributed by atoms with Gasteiger partial charge in [0.15, 0.2) is 0 Å². The number of hydrogen-bond donors (Lipinski definition) is 2. The molecule has 1 aromatic heterocycles. The Kier molecular flexibility index (Phi) is 3.94. The van der Waals surface area contributed by atoms with Gasteiger partial charge >= 0.3 is 0 Å². The van der Waals surface area contributed by atoms with E-state index in [1.165, 1.54) is 11.3 Å². The molecule has 26 heavy (non-hydrogen) atoms. The van der Waals surface area contributed by atoms with Crippen molar-refractivity contribution in [1.82, 2.24) is 4.98 Å². The molecular formula is C21H18N4O. The van der Waals surface area contributed by atoms with E-state index in [1.807, 2.05) is 36.4 Å². The molecule has 0 saturated heterocycles. The first kappa shape index (κ1) is 16.0. The van der Waals surface area contributed by atoms with E-state index in [-0.39, 0.29) is 5.82 Å². The van der Waals surface area contributed by atoms with Crippen molar-refractivity contribution in [1.29, 1.82) is 5.26 Å². The van der Waals surface area contributed by atoms with Crippen LogP contribution in [0.15, 0.2) is 48.5 Å². The van der Waals surface area contributed by atoms with Crippen molar-refractivity contribution in [2.24, 2.45) is 0 Å². The summed E-state index contributed by atoms with van der Waals surface area (Å²) in [6.07, 6.45) is 1.00. The van der Waals surface area contributed by atoms with Crippen LogP contribution in [0.3, 0.4) is 0 Å². The quantitative estimate of drug-likeness (QED) is 0.755. The van der Waals surface area contributed by atoms with Gasteiger partial charge in [-0.2, -0.15) is 5.26 Å². The first-order valence-corrected chi connectivity index (χ1v) is 8.42. The van der Waals surface area contributed by atoms with Crippen LogP contribution in [0.25, 0.3) is 22.4 Å². The monoisotopic (exact) mass is 342 g/mol. The van der Waals surface area contributed by atoms with E-state index in [2.05, 4.69) is 28.5 Å². The Hall–Kier alpha value is -3.52. The molecule has 5 nitrogen and oxygen atoms in total. The van der Waals surface area contributed by atoms with E-state index in [4.69, 9.17) is 10.5 Å². The number of benzene rings is 2. The van der Waals surface area contributed by atoms with Gasteiger partial charge in [0.2, 0.25) is 0 Å². The van der Waals surface area contributed by atoms with Crippen molar-refractivity contribution in [2.45, 2.75) is 6.42 Å². The number of nitrogens with two attached hydrogens (primary N) is 1. The minimum Gasteiger partial charge on any atom is -0.497 e. The van der Waals surface area contributed by atoms with E-state index in [0.717, 1.165) is 41.1 Å². The summed E-state index contributed by atoms with van der Waals surface area (Å²) in [6.45, 7) is 0.957. The molecule has 0 aliphatic carbocycles. The van der Waals surface area contributed by atoms with Crippen molar-refractivity contribution in [2.75, 3.05) is 24.7 Å². The Morgan fingerprint density at radius 1 is 1.12 bits per heavy atom.